The van der Waals surface area contributed by atoms with Gasteiger partial charge >= 0.3 is 12.1 Å². The number of ether oxygens (including phenoxy) is 2. The number of benzene rings is 1. The number of allylic oxidation sites excluding steroid dienone is 3. The molecule has 2 bridgehead atoms. The van der Waals surface area contributed by atoms with E-state index in [-0.39, 0.29) is 19.4 Å². The summed E-state index contributed by atoms with van der Waals surface area (Å²) in [5.41, 5.74) is -0.325. The lowest BCUT2D eigenvalue weighted by Gasteiger charge is -2.36. The van der Waals surface area contributed by atoms with E-state index in [9.17, 15) is 38.1 Å². The van der Waals surface area contributed by atoms with Crippen LogP contribution in [-0.2, 0) is 49.9 Å². The number of fused-ring (bicyclic) bond motifs is 2. The van der Waals surface area contributed by atoms with E-state index in [2.05, 4.69) is 20.9 Å². The van der Waals surface area contributed by atoms with Crippen LogP contribution in [0.25, 0.3) is 6.08 Å². The molecule has 4 N–H and O–H groups in total. The monoisotopic (exact) mass is 772 g/mol. The van der Waals surface area contributed by atoms with Crippen LogP contribution >= 0.6 is 22.1 Å². The highest BCUT2D eigenvalue weighted by atomic mass is 33.1. The third-order valence-electron chi connectivity index (χ3n) is 8.37. The lowest BCUT2D eigenvalue weighted by Crippen LogP contribution is -2.55. The average molecular weight is 773 g/mol. The predicted octanol–water partition coefficient (Wildman–Crippen LogP) is 3.36. The van der Waals surface area contributed by atoms with Gasteiger partial charge in [0.25, 0.3) is 0 Å². The SMILES string of the molecule is C/C1=C\[C@@H](OC(=O)CNC(=O)[C@@H](C)NC(=O)OCc2ccccc2)C(=O)/C=C/C=C\c2csc(n2)[C@H](C)NC(=O)C[C@@]2(CC1)S(=O)SC(=O)[C@]2(C)O. The van der Waals surface area contributed by atoms with E-state index in [1.807, 2.05) is 6.07 Å². The molecule has 3 amide bonds. The highest BCUT2D eigenvalue weighted by molar-refractivity contribution is 8.76. The Labute approximate surface area is 310 Å². The molecule has 1 spiro atoms. The summed E-state index contributed by atoms with van der Waals surface area (Å²) in [4.78, 5) is 81.4. The standard InChI is InChI=1S/C35H40N4O10S3/c1-21-14-15-35(34(4,46)32(44)51-52(35)47)17-28(41)37-23(3)31-39-25(20-50-31)12-8-9-13-26(40)27(16-21)49-29(42)18-36-30(43)22(2)38-33(45)48-19-24-10-6-5-7-11-24/h5-13,16,20,22-23,27,46H,14-15,17-19H2,1-4H3,(H,36,43)(H,37,41)(H,38,45)/b12-8-,13-9+,21-16+/t22-,23+,27-,34+,35-,52?/m1/s1. The van der Waals surface area contributed by atoms with Crippen molar-refractivity contribution in [3.63, 3.8) is 0 Å². The van der Waals surface area contributed by atoms with E-state index in [0.29, 0.717) is 27.1 Å². The molecule has 2 aliphatic rings. The van der Waals surface area contributed by atoms with Crippen LogP contribution in [-0.4, -0.2) is 78.1 Å². The number of hydrogen-bond donors (Lipinski definition) is 4. The molecule has 2 aliphatic heterocycles. The quantitative estimate of drug-likeness (QED) is 0.182. The minimum Gasteiger partial charge on any atom is -0.448 e. The molecule has 1 aromatic heterocycles. The van der Waals surface area contributed by atoms with Crippen molar-refractivity contribution in [2.75, 3.05) is 6.54 Å². The van der Waals surface area contributed by atoms with Crippen LogP contribution in [0.5, 0.6) is 0 Å². The van der Waals surface area contributed by atoms with Gasteiger partial charge in [0.15, 0.2) is 11.9 Å². The van der Waals surface area contributed by atoms with Gasteiger partial charge < -0.3 is 30.5 Å². The number of thiazole rings is 1. The van der Waals surface area contributed by atoms with Crippen molar-refractivity contribution < 1.29 is 47.6 Å². The van der Waals surface area contributed by atoms with Gasteiger partial charge in [-0.15, -0.1) is 11.3 Å². The second kappa shape index (κ2) is 17.9. The Morgan fingerprint density at radius 2 is 1.87 bits per heavy atom. The number of alkyl carbamates (subject to hydrolysis) is 1. The molecule has 1 unspecified atom stereocenters. The first-order chi connectivity index (χ1) is 24.6. The molecule has 2 aromatic rings. The highest BCUT2D eigenvalue weighted by Crippen LogP contribution is 2.50. The number of nitrogens with one attached hydrogen (secondary N) is 3. The highest BCUT2D eigenvalue weighted by Gasteiger charge is 2.63. The summed E-state index contributed by atoms with van der Waals surface area (Å²) < 4.78 is 22.3. The Morgan fingerprint density at radius 1 is 1.15 bits per heavy atom. The summed E-state index contributed by atoms with van der Waals surface area (Å²) in [5, 5.41) is 20.5. The number of esters is 1. The zero-order chi connectivity index (χ0) is 38.1. The topological polar surface area (TPSA) is 207 Å². The smallest absolute Gasteiger partial charge is 0.408 e. The molecule has 0 radical (unpaired) electrons. The van der Waals surface area contributed by atoms with Gasteiger partial charge in [-0.2, -0.15) is 0 Å². The first-order valence-electron chi connectivity index (χ1n) is 16.2. The van der Waals surface area contributed by atoms with E-state index >= 15 is 0 Å². The van der Waals surface area contributed by atoms with Gasteiger partial charge in [0.05, 0.1) is 21.6 Å². The lowest BCUT2D eigenvalue weighted by molar-refractivity contribution is -0.150. The Morgan fingerprint density at radius 3 is 2.56 bits per heavy atom. The van der Waals surface area contributed by atoms with Crippen LogP contribution in [0.1, 0.15) is 69.3 Å². The number of rotatable bonds is 7. The second-order valence-electron chi connectivity index (χ2n) is 12.4. The molecule has 4 rings (SSSR count). The van der Waals surface area contributed by atoms with Crippen LogP contribution in [0, 0.1) is 0 Å². The Hall–Kier alpha value is -4.45. The summed E-state index contributed by atoms with van der Waals surface area (Å²) >= 11 is 1.29. The molecule has 6 atom stereocenters. The Kier molecular flexibility index (Phi) is 13.8. The molecule has 1 saturated heterocycles. The number of aromatic nitrogens is 1. The minimum atomic E-state index is -2.11. The van der Waals surface area contributed by atoms with Gasteiger partial charge in [0, 0.05) is 22.6 Å². The summed E-state index contributed by atoms with van der Waals surface area (Å²) in [6.45, 7) is 5.36. The van der Waals surface area contributed by atoms with Crippen molar-refractivity contribution >= 4 is 72.8 Å². The van der Waals surface area contributed by atoms with Crippen LogP contribution in [0.4, 0.5) is 4.79 Å². The molecule has 17 heteroatoms. The van der Waals surface area contributed by atoms with Crippen LogP contribution in [0.15, 0.2) is 65.6 Å². The van der Waals surface area contributed by atoms with Gasteiger partial charge in [-0.25, -0.2) is 14.0 Å². The fourth-order valence-electron chi connectivity index (χ4n) is 5.23. The number of hydrogen-bond acceptors (Lipinski definition) is 13. The van der Waals surface area contributed by atoms with E-state index in [1.165, 1.54) is 43.4 Å². The molecule has 1 aromatic carbocycles. The first kappa shape index (κ1) is 40.3. The molecular weight excluding hydrogens is 733 g/mol. The first-order valence-corrected chi connectivity index (χ1v) is 19.6. The fraction of sp³-hybridized carbons (Fsp3) is 0.400. The maximum Gasteiger partial charge on any atom is 0.408 e. The second-order valence-corrected chi connectivity index (χ2v) is 16.5. The van der Waals surface area contributed by atoms with Gasteiger partial charge in [0.2, 0.25) is 16.9 Å². The third kappa shape index (κ3) is 10.3. The summed E-state index contributed by atoms with van der Waals surface area (Å²) in [5.74, 6) is -2.82. The van der Waals surface area contributed by atoms with Gasteiger partial charge in [0.1, 0.15) is 34.5 Å². The zero-order valence-electron chi connectivity index (χ0n) is 28.9. The van der Waals surface area contributed by atoms with Gasteiger partial charge in [-0.05, 0) is 64.3 Å². The van der Waals surface area contributed by atoms with Gasteiger partial charge in [-0.3, -0.25) is 24.0 Å². The number of amides is 3. The van der Waals surface area contributed by atoms with E-state index < -0.39 is 86.1 Å². The van der Waals surface area contributed by atoms with Crippen LogP contribution in [0.2, 0.25) is 0 Å². The van der Waals surface area contributed by atoms with Crippen molar-refractivity contribution in [3.8, 4) is 0 Å². The van der Waals surface area contributed by atoms with Gasteiger partial charge in [-0.1, -0.05) is 48.1 Å². The van der Waals surface area contributed by atoms with Crippen molar-refractivity contribution in [3.05, 3.63) is 81.9 Å². The predicted molar refractivity (Wildman–Crippen MR) is 196 cm³/mol. The minimum absolute atomic E-state index is 0.00438. The number of carbonyl (C=O) groups excluding carboxylic acids is 6. The summed E-state index contributed by atoms with van der Waals surface area (Å²) in [7, 11) is -1.52. The van der Waals surface area contributed by atoms with E-state index in [0.717, 1.165) is 5.56 Å². The van der Waals surface area contributed by atoms with Crippen LogP contribution in [0.3, 0.4) is 0 Å². The number of aliphatic hydroxyl groups is 1. The van der Waals surface area contributed by atoms with Crippen molar-refractivity contribution in [1.29, 1.82) is 0 Å². The van der Waals surface area contributed by atoms with Crippen molar-refractivity contribution in [2.24, 2.45) is 0 Å². The molecular formula is C35H40N4O10S3. The molecule has 14 nitrogen and oxygen atoms in total. The Bertz CT molecular complexity index is 1810. The number of carbonyl (C=O) groups is 6. The maximum absolute atomic E-state index is 13.4. The van der Waals surface area contributed by atoms with Crippen molar-refractivity contribution in [2.45, 2.75) is 82.1 Å². The molecule has 0 aliphatic carbocycles. The summed E-state index contributed by atoms with van der Waals surface area (Å²) in [6.07, 6.45) is 4.51. The largest absolute Gasteiger partial charge is 0.448 e. The molecule has 52 heavy (non-hydrogen) atoms. The lowest BCUT2D eigenvalue weighted by atomic mass is 9.81. The Balaban J connectivity index is 1.48. The number of ketones is 1. The van der Waals surface area contributed by atoms with E-state index in [4.69, 9.17) is 9.47 Å². The van der Waals surface area contributed by atoms with Crippen molar-refractivity contribution in [1.82, 2.24) is 20.9 Å². The number of nitrogens with zero attached hydrogens (tertiary/aromatic N) is 1. The molecule has 1 fully saturated rings. The molecule has 3 heterocycles. The third-order valence-corrected chi connectivity index (χ3v) is 13.4. The molecule has 0 saturated carbocycles. The summed E-state index contributed by atoms with van der Waals surface area (Å²) in [6, 6.07) is 7.36. The maximum atomic E-state index is 13.4. The van der Waals surface area contributed by atoms with Crippen LogP contribution < -0.4 is 16.0 Å². The fourth-order valence-corrected chi connectivity index (χ4v) is 9.97. The van der Waals surface area contributed by atoms with E-state index in [1.54, 1.807) is 55.6 Å². The zero-order valence-corrected chi connectivity index (χ0v) is 31.4. The average Bonchev–Trinajstić information content (AvgIpc) is 3.64. The normalized spacial score (nSPS) is 28.3. The molecule has 278 valence electrons.